The third-order valence-electron chi connectivity index (χ3n) is 9.15. The van der Waals surface area contributed by atoms with Crippen LogP contribution in [0.4, 0.5) is 5.69 Å². The fourth-order valence-corrected chi connectivity index (χ4v) is 6.93. The topological polar surface area (TPSA) is 122 Å². The van der Waals surface area contributed by atoms with Gasteiger partial charge in [-0.2, -0.15) is 0 Å². The van der Waals surface area contributed by atoms with Crippen molar-refractivity contribution in [2.45, 2.75) is 70.8 Å². The predicted molar refractivity (Wildman–Crippen MR) is 183 cm³/mol. The van der Waals surface area contributed by atoms with Crippen molar-refractivity contribution in [2.75, 3.05) is 39.5 Å². The summed E-state index contributed by atoms with van der Waals surface area (Å²) in [5.74, 6) is 0.728. The molecule has 1 aromatic heterocycles. The van der Waals surface area contributed by atoms with Gasteiger partial charge in [-0.1, -0.05) is 36.8 Å². The van der Waals surface area contributed by atoms with Crippen LogP contribution in [0.5, 0.6) is 11.5 Å². The quantitative estimate of drug-likeness (QED) is 0.0740. The summed E-state index contributed by atoms with van der Waals surface area (Å²) in [5.41, 5.74) is 5.33. The van der Waals surface area contributed by atoms with Crippen LogP contribution in [0.15, 0.2) is 54.1 Å². The fraction of sp³-hybridized carbons (Fsp3) is 0.459. The summed E-state index contributed by atoms with van der Waals surface area (Å²) < 4.78 is 12.7. The summed E-state index contributed by atoms with van der Waals surface area (Å²) in [6.07, 6.45) is 7.13. The minimum Gasteiger partial charge on any atom is -0.426 e. The number of ether oxygens (including phenoxy) is 2. The van der Waals surface area contributed by atoms with Crippen LogP contribution >= 0.6 is 0 Å². The zero-order chi connectivity index (χ0) is 33.9. The molecule has 5 rings (SSSR count). The Hall–Kier alpha value is -4.28. The number of amides is 1. The monoisotopic (exact) mass is 642 g/mol. The van der Waals surface area contributed by atoms with Crippen molar-refractivity contribution in [1.82, 2.24) is 15.3 Å². The summed E-state index contributed by atoms with van der Waals surface area (Å²) in [7, 11) is 5.82. The highest BCUT2D eigenvalue weighted by Gasteiger charge is 2.40. The number of para-hydroxylation sites is 1. The second kappa shape index (κ2) is 13.8. The maximum absolute atomic E-state index is 13.4. The standard InChI is InChI=1S/C37H47N5O5/c1-8-32(44)46-30-18-25(20-37(15-10-16-39-37)36-40-29-12-9-11-28(38-22-43)35(29)41-36)19-31(47-33(45)21-42(5,6)7)34(30)27-17-24(4)13-14-26(27)23(2)3/h9,11-12,17-19,22,26-27,39H,2,8,10,13-16,20-21H2,1,3-7H3,(H-,38,40,41,43)/p+1/t26-,27?,37+/m1/s1. The number of fused-ring (bicyclic) bond motifs is 1. The molecule has 10 heteroatoms. The van der Waals surface area contributed by atoms with Crippen molar-refractivity contribution in [1.29, 1.82) is 0 Å². The number of esters is 2. The van der Waals surface area contributed by atoms with Crippen LogP contribution in [0.25, 0.3) is 11.0 Å². The van der Waals surface area contributed by atoms with Crippen LogP contribution in [0.1, 0.15) is 75.7 Å². The van der Waals surface area contributed by atoms with E-state index in [2.05, 4.69) is 35.2 Å². The number of imidazole rings is 1. The lowest BCUT2D eigenvalue weighted by Crippen LogP contribution is -2.41. The molecule has 0 saturated carbocycles. The highest BCUT2D eigenvalue weighted by molar-refractivity contribution is 5.93. The Bertz CT molecular complexity index is 1710. The molecular formula is C37H48N5O5+. The normalized spacial score (nSPS) is 21.3. The molecule has 1 amide bonds. The molecule has 47 heavy (non-hydrogen) atoms. The summed E-state index contributed by atoms with van der Waals surface area (Å²) in [6, 6.07) is 9.49. The van der Waals surface area contributed by atoms with Crippen molar-refractivity contribution in [3.63, 3.8) is 0 Å². The van der Waals surface area contributed by atoms with Gasteiger partial charge in [-0.25, -0.2) is 9.78 Å². The number of nitrogens with one attached hydrogen (secondary N) is 3. The number of hydrogen-bond donors (Lipinski definition) is 3. The number of aromatic amines is 1. The third-order valence-corrected chi connectivity index (χ3v) is 9.15. The first-order valence-electron chi connectivity index (χ1n) is 16.5. The molecule has 2 aliphatic rings. The van der Waals surface area contributed by atoms with E-state index in [0.29, 0.717) is 45.6 Å². The predicted octanol–water partition coefficient (Wildman–Crippen LogP) is 5.90. The first kappa shape index (κ1) is 34.1. The van der Waals surface area contributed by atoms with Crippen molar-refractivity contribution in [3.05, 3.63) is 71.1 Å². The Morgan fingerprint density at radius 1 is 1.17 bits per heavy atom. The minimum absolute atomic E-state index is 0.0899. The smallest absolute Gasteiger partial charge is 0.367 e. The van der Waals surface area contributed by atoms with E-state index >= 15 is 0 Å². The van der Waals surface area contributed by atoms with Gasteiger partial charge in [0.15, 0.2) is 6.54 Å². The number of benzene rings is 2. The Morgan fingerprint density at radius 2 is 1.89 bits per heavy atom. The minimum atomic E-state index is -0.573. The van der Waals surface area contributed by atoms with E-state index in [0.717, 1.165) is 54.7 Å². The van der Waals surface area contributed by atoms with Gasteiger partial charge in [-0.05, 0) is 88.2 Å². The van der Waals surface area contributed by atoms with Crippen LogP contribution in [0.2, 0.25) is 0 Å². The number of aromatic nitrogens is 2. The first-order chi connectivity index (χ1) is 22.3. The van der Waals surface area contributed by atoms with Gasteiger partial charge in [-0.3, -0.25) is 9.59 Å². The number of anilines is 1. The molecule has 3 N–H and O–H groups in total. The number of likely N-dealkylation sites (N-methyl/N-ethyl adjacent to an activating group) is 1. The number of quaternary nitrogens is 1. The molecule has 0 spiro atoms. The number of H-pyrrole nitrogens is 1. The highest BCUT2D eigenvalue weighted by Crippen LogP contribution is 2.48. The third kappa shape index (κ3) is 7.66. The number of carbonyl (C=O) groups excluding carboxylic acids is 3. The molecule has 10 nitrogen and oxygen atoms in total. The number of rotatable bonds is 12. The fourth-order valence-electron chi connectivity index (χ4n) is 6.93. The van der Waals surface area contributed by atoms with Gasteiger partial charge in [-0.15, -0.1) is 0 Å². The van der Waals surface area contributed by atoms with E-state index in [4.69, 9.17) is 14.5 Å². The van der Waals surface area contributed by atoms with Crippen molar-refractivity contribution in [3.8, 4) is 11.5 Å². The van der Waals surface area contributed by atoms with E-state index in [1.54, 1.807) is 6.92 Å². The molecule has 1 fully saturated rings. The molecule has 2 heterocycles. The van der Waals surface area contributed by atoms with Crippen LogP contribution in [-0.2, 0) is 26.3 Å². The average Bonchev–Trinajstić information content (AvgIpc) is 3.65. The molecule has 2 aromatic carbocycles. The molecule has 1 saturated heterocycles. The summed E-state index contributed by atoms with van der Waals surface area (Å²) in [6.45, 7) is 11.2. The van der Waals surface area contributed by atoms with E-state index < -0.39 is 5.54 Å². The van der Waals surface area contributed by atoms with Gasteiger partial charge in [0.05, 0.1) is 37.9 Å². The van der Waals surface area contributed by atoms with Crippen LogP contribution in [-0.4, -0.2) is 67.0 Å². The summed E-state index contributed by atoms with van der Waals surface area (Å²) in [4.78, 5) is 46.1. The molecule has 0 radical (unpaired) electrons. The Labute approximate surface area is 277 Å². The van der Waals surface area contributed by atoms with Gasteiger partial charge in [0.2, 0.25) is 6.41 Å². The van der Waals surface area contributed by atoms with Gasteiger partial charge in [0.25, 0.3) is 0 Å². The van der Waals surface area contributed by atoms with Gasteiger partial charge in [0.1, 0.15) is 22.8 Å². The summed E-state index contributed by atoms with van der Waals surface area (Å²) >= 11 is 0. The molecule has 250 valence electrons. The molecule has 1 unspecified atom stereocenters. The number of nitrogens with zero attached hydrogens (tertiary/aromatic N) is 2. The van der Waals surface area contributed by atoms with Crippen LogP contribution < -0.4 is 20.1 Å². The van der Waals surface area contributed by atoms with Crippen LogP contribution in [0.3, 0.4) is 0 Å². The van der Waals surface area contributed by atoms with Crippen molar-refractivity contribution < 1.29 is 28.3 Å². The zero-order valence-electron chi connectivity index (χ0n) is 28.5. The molecule has 1 aliphatic carbocycles. The van der Waals surface area contributed by atoms with Gasteiger partial charge >= 0.3 is 11.9 Å². The SMILES string of the molecule is C=C(C)[C@H]1CCC(C)=CC1c1c(OC(=O)CC)cc(C[C@]2(c3nc4c(NC=O)cccc4[nH]3)CCCN2)cc1OC(=O)C[N+](C)(C)C. The highest BCUT2D eigenvalue weighted by atomic mass is 16.5. The van der Waals surface area contributed by atoms with Crippen molar-refractivity contribution in [2.24, 2.45) is 5.92 Å². The van der Waals surface area contributed by atoms with E-state index in [1.165, 1.54) is 5.57 Å². The Morgan fingerprint density at radius 3 is 2.51 bits per heavy atom. The van der Waals surface area contributed by atoms with Gasteiger partial charge in [0, 0.05) is 17.9 Å². The van der Waals surface area contributed by atoms with E-state index in [9.17, 15) is 14.4 Å². The van der Waals surface area contributed by atoms with E-state index in [-0.39, 0.29) is 36.7 Å². The molecule has 0 bridgehead atoms. The number of hydrogen-bond acceptors (Lipinski definition) is 7. The zero-order valence-corrected chi connectivity index (χ0v) is 28.5. The number of allylic oxidation sites excluding steroid dienone is 3. The maximum atomic E-state index is 13.4. The lowest BCUT2D eigenvalue weighted by atomic mass is 9.73. The Kier molecular flexibility index (Phi) is 10.0. The maximum Gasteiger partial charge on any atom is 0.367 e. The molecule has 3 aromatic rings. The lowest BCUT2D eigenvalue weighted by Gasteiger charge is -2.33. The lowest BCUT2D eigenvalue weighted by molar-refractivity contribution is -0.862. The largest absolute Gasteiger partial charge is 0.426 e. The van der Waals surface area contributed by atoms with Crippen molar-refractivity contribution >= 4 is 35.1 Å². The van der Waals surface area contributed by atoms with E-state index in [1.807, 2.05) is 58.4 Å². The molecule has 3 atom stereocenters. The second-order valence-corrected chi connectivity index (χ2v) is 14.1. The first-order valence-corrected chi connectivity index (χ1v) is 16.5. The average molecular weight is 643 g/mol. The Balaban J connectivity index is 1.67. The van der Waals surface area contributed by atoms with Crippen LogP contribution in [0, 0.1) is 5.92 Å². The van der Waals surface area contributed by atoms with Gasteiger partial charge < -0.3 is 29.6 Å². The second-order valence-electron chi connectivity index (χ2n) is 14.1. The molecular weight excluding hydrogens is 594 g/mol. The molecule has 1 aliphatic heterocycles. The number of carbonyl (C=O) groups is 3. The summed E-state index contributed by atoms with van der Waals surface area (Å²) in [5, 5.41) is 6.44.